The zero-order chi connectivity index (χ0) is 19.3. The van der Waals surface area contributed by atoms with Crippen LogP contribution in [0, 0.1) is 0 Å². The van der Waals surface area contributed by atoms with Crippen molar-refractivity contribution in [2.24, 2.45) is 0 Å². The second-order valence-electron chi connectivity index (χ2n) is 7.52. The van der Waals surface area contributed by atoms with Crippen molar-refractivity contribution in [2.75, 3.05) is 32.7 Å². The summed E-state index contributed by atoms with van der Waals surface area (Å²) in [6, 6.07) is 13.6. The van der Waals surface area contributed by atoms with Gasteiger partial charge in [-0.1, -0.05) is 42.5 Å². The Morgan fingerprint density at radius 3 is 2.50 bits per heavy atom. The largest absolute Gasteiger partial charge is 0.339 e. The zero-order valence-corrected chi connectivity index (χ0v) is 16.0. The smallest absolute Gasteiger partial charge is 0.267 e. The van der Waals surface area contributed by atoms with Crippen molar-refractivity contribution in [3.63, 3.8) is 0 Å². The third-order valence-electron chi connectivity index (χ3n) is 5.37. The zero-order valence-electron chi connectivity index (χ0n) is 16.0. The molecule has 146 valence electrons. The van der Waals surface area contributed by atoms with Gasteiger partial charge in [0.1, 0.15) is 6.54 Å². The van der Waals surface area contributed by atoms with Crippen molar-refractivity contribution in [1.82, 2.24) is 19.6 Å². The molecule has 2 fully saturated rings. The summed E-state index contributed by atoms with van der Waals surface area (Å²) in [6.07, 6.45) is 6.54. The lowest BCUT2D eigenvalue weighted by molar-refractivity contribution is -0.133. The van der Waals surface area contributed by atoms with E-state index >= 15 is 0 Å². The molecule has 6 heteroatoms. The average Bonchev–Trinajstić information content (AvgIpc) is 3.56. The second-order valence-corrected chi connectivity index (χ2v) is 7.52. The van der Waals surface area contributed by atoms with Crippen LogP contribution in [0.4, 0.5) is 0 Å². The van der Waals surface area contributed by atoms with E-state index in [1.54, 1.807) is 6.07 Å². The molecule has 6 nitrogen and oxygen atoms in total. The first kappa shape index (κ1) is 18.6. The maximum absolute atomic E-state index is 12.6. The van der Waals surface area contributed by atoms with E-state index in [2.05, 4.69) is 34.3 Å². The van der Waals surface area contributed by atoms with Crippen LogP contribution in [-0.4, -0.2) is 58.2 Å². The van der Waals surface area contributed by atoms with E-state index < -0.39 is 0 Å². The molecule has 1 saturated heterocycles. The van der Waals surface area contributed by atoms with Crippen LogP contribution in [-0.2, 0) is 11.3 Å². The van der Waals surface area contributed by atoms with E-state index in [-0.39, 0.29) is 18.0 Å². The Balaban J connectivity index is 1.27. The lowest BCUT2D eigenvalue weighted by Gasteiger charge is -2.34. The van der Waals surface area contributed by atoms with Gasteiger partial charge in [0.2, 0.25) is 5.91 Å². The molecular formula is C22H26N4O2. The number of benzene rings is 1. The van der Waals surface area contributed by atoms with Gasteiger partial charge in [-0.05, 0) is 24.5 Å². The summed E-state index contributed by atoms with van der Waals surface area (Å²) in [6.45, 7) is 3.98. The summed E-state index contributed by atoms with van der Waals surface area (Å²) < 4.78 is 1.32. The topological polar surface area (TPSA) is 58.4 Å². The normalized spacial score (nSPS) is 17.9. The number of hydrogen-bond donors (Lipinski definition) is 0. The van der Waals surface area contributed by atoms with Gasteiger partial charge in [0.15, 0.2) is 0 Å². The highest BCUT2D eigenvalue weighted by Crippen LogP contribution is 2.38. The summed E-state index contributed by atoms with van der Waals surface area (Å²) >= 11 is 0. The lowest BCUT2D eigenvalue weighted by atomic mass is 10.2. The maximum Gasteiger partial charge on any atom is 0.267 e. The van der Waals surface area contributed by atoms with Crippen LogP contribution in [0.15, 0.2) is 53.3 Å². The molecule has 0 N–H and O–H groups in total. The fourth-order valence-electron chi connectivity index (χ4n) is 3.48. The monoisotopic (exact) mass is 378 g/mol. The first-order chi connectivity index (χ1) is 13.7. The summed E-state index contributed by atoms with van der Waals surface area (Å²) in [5.74, 6) is 0.441. The minimum Gasteiger partial charge on any atom is -0.339 e. The molecule has 2 heterocycles. The number of rotatable bonds is 6. The van der Waals surface area contributed by atoms with Gasteiger partial charge in [-0.2, -0.15) is 5.10 Å². The number of piperazine rings is 1. The van der Waals surface area contributed by atoms with Gasteiger partial charge in [0.05, 0.1) is 5.69 Å². The Bertz CT molecular complexity index is 894. The van der Waals surface area contributed by atoms with Crippen LogP contribution in [0.2, 0.25) is 0 Å². The van der Waals surface area contributed by atoms with Gasteiger partial charge < -0.3 is 4.90 Å². The number of carbonyl (C=O) groups excluding carboxylic acids is 1. The minimum absolute atomic E-state index is 0.0259. The van der Waals surface area contributed by atoms with Gasteiger partial charge in [0.25, 0.3) is 5.56 Å². The predicted molar refractivity (Wildman–Crippen MR) is 109 cm³/mol. The predicted octanol–water partition coefficient (Wildman–Crippen LogP) is 1.98. The van der Waals surface area contributed by atoms with Crippen molar-refractivity contribution < 1.29 is 4.79 Å². The maximum atomic E-state index is 12.6. The standard InChI is InChI=1S/C22H26N4O2/c27-21-11-10-20(19-8-9-19)23-26(21)17-22(28)25-15-13-24(14-16-25)12-4-7-18-5-2-1-3-6-18/h1-7,10-11,19H,8-9,12-17H2/b7-4+. The van der Waals surface area contributed by atoms with Crippen molar-refractivity contribution in [1.29, 1.82) is 0 Å². The molecule has 28 heavy (non-hydrogen) atoms. The quantitative estimate of drug-likeness (QED) is 0.771. The summed E-state index contributed by atoms with van der Waals surface area (Å²) in [5, 5.41) is 4.39. The fourth-order valence-corrected chi connectivity index (χ4v) is 3.48. The van der Waals surface area contributed by atoms with Gasteiger partial charge in [-0.25, -0.2) is 4.68 Å². The third-order valence-corrected chi connectivity index (χ3v) is 5.37. The van der Waals surface area contributed by atoms with Crippen LogP contribution < -0.4 is 5.56 Å². The highest BCUT2D eigenvalue weighted by molar-refractivity contribution is 5.76. The van der Waals surface area contributed by atoms with Crippen LogP contribution >= 0.6 is 0 Å². The van der Waals surface area contributed by atoms with E-state index in [0.29, 0.717) is 19.0 Å². The van der Waals surface area contributed by atoms with E-state index in [9.17, 15) is 9.59 Å². The fraction of sp³-hybridized carbons (Fsp3) is 0.409. The molecule has 0 atom stereocenters. The Kier molecular flexibility index (Phi) is 5.67. The molecule has 1 aliphatic carbocycles. The van der Waals surface area contributed by atoms with E-state index in [0.717, 1.165) is 38.2 Å². The van der Waals surface area contributed by atoms with Crippen LogP contribution in [0.3, 0.4) is 0 Å². The van der Waals surface area contributed by atoms with Gasteiger partial charge in [-0.3, -0.25) is 14.5 Å². The lowest BCUT2D eigenvalue weighted by Crippen LogP contribution is -2.50. The first-order valence-electron chi connectivity index (χ1n) is 9.99. The Morgan fingerprint density at radius 1 is 1.04 bits per heavy atom. The number of hydrogen-bond acceptors (Lipinski definition) is 4. The number of carbonyl (C=O) groups is 1. The van der Waals surface area contributed by atoms with Gasteiger partial charge in [0, 0.05) is 44.7 Å². The molecule has 1 aromatic carbocycles. The molecule has 2 aromatic rings. The minimum atomic E-state index is -0.206. The summed E-state index contributed by atoms with van der Waals surface area (Å²) in [5.41, 5.74) is 1.92. The third kappa shape index (κ3) is 4.75. The van der Waals surface area contributed by atoms with Crippen LogP contribution in [0.25, 0.3) is 6.08 Å². The Hall–Kier alpha value is -2.73. The molecule has 4 rings (SSSR count). The highest BCUT2D eigenvalue weighted by Gasteiger charge is 2.26. The van der Waals surface area contributed by atoms with Crippen molar-refractivity contribution in [2.45, 2.75) is 25.3 Å². The second kappa shape index (κ2) is 8.52. The molecular weight excluding hydrogens is 352 g/mol. The molecule has 0 bridgehead atoms. The van der Waals surface area contributed by atoms with Gasteiger partial charge >= 0.3 is 0 Å². The van der Waals surface area contributed by atoms with Crippen LogP contribution in [0.5, 0.6) is 0 Å². The van der Waals surface area contributed by atoms with Crippen molar-refractivity contribution in [3.05, 3.63) is 70.2 Å². The number of nitrogens with zero attached hydrogens (tertiary/aromatic N) is 4. The molecule has 1 aromatic heterocycles. The number of amides is 1. The average molecular weight is 378 g/mol. The molecule has 1 saturated carbocycles. The van der Waals surface area contributed by atoms with Crippen molar-refractivity contribution in [3.8, 4) is 0 Å². The number of aromatic nitrogens is 2. The highest BCUT2D eigenvalue weighted by atomic mass is 16.2. The summed E-state index contributed by atoms with van der Waals surface area (Å²) in [7, 11) is 0. The SMILES string of the molecule is O=C(Cn1nc(C2CC2)ccc1=O)N1CCN(C/C=C/c2ccccc2)CC1. The first-order valence-corrected chi connectivity index (χ1v) is 9.99. The van der Waals surface area contributed by atoms with Crippen LogP contribution in [0.1, 0.15) is 30.0 Å². The van der Waals surface area contributed by atoms with E-state index in [1.807, 2.05) is 23.1 Å². The summed E-state index contributed by atoms with van der Waals surface area (Å²) in [4.78, 5) is 28.8. The molecule has 0 radical (unpaired) electrons. The molecule has 1 amide bonds. The van der Waals surface area contributed by atoms with Gasteiger partial charge in [-0.15, -0.1) is 0 Å². The van der Waals surface area contributed by atoms with E-state index in [4.69, 9.17) is 0 Å². The Morgan fingerprint density at radius 2 is 1.79 bits per heavy atom. The van der Waals surface area contributed by atoms with Crippen molar-refractivity contribution >= 4 is 12.0 Å². The van der Waals surface area contributed by atoms with E-state index in [1.165, 1.54) is 16.3 Å². The molecule has 0 unspecified atom stereocenters. The molecule has 2 aliphatic rings. The molecule has 1 aliphatic heterocycles. The Labute approximate surface area is 165 Å². The molecule has 0 spiro atoms.